The molecule has 2 aliphatic heterocycles. The van der Waals surface area contributed by atoms with Crippen LogP contribution in [0.3, 0.4) is 0 Å². The summed E-state index contributed by atoms with van der Waals surface area (Å²) in [6, 6.07) is 11.1. The summed E-state index contributed by atoms with van der Waals surface area (Å²) in [4.78, 5) is 31.9. The molecule has 1 saturated heterocycles. The number of carbonyl (C=O) groups excluding carboxylic acids is 2. The molecule has 0 spiro atoms. The molecule has 2 amide bonds. The minimum atomic E-state index is -0.564. The summed E-state index contributed by atoms with van der Waals surface area (Å²) >= 11 is 1.65. The molecule has 2 unspecified atom stereocenters. The lowest BCUT2D eigenvalue weighted by molar-refractivity contribution is -0.138. The Kier molecular flexibility index (Phi) is 6.62. The number of ether oxygens (including phenoxy) is 3. The molecule has 2 aliphatic rings. The molecule has 170 valence electrons. The van der Waals surface area contributed by atoms with Crippen LogP contribution in [0.5, 0.6) is 11.5 Å². The molecule has 2 aromatic carbocycles. The van der Waals surface area contributed by atoms with Gasteiger partial charge in [-0.25, -0.2) is 0 Å². The topological polar surface area (TPSA) is 68.3 Å². The lowest BCUT2D eigenvalue weighted by Crippen LogP contribution is -2.49. The number of amides is 2. The second-order valence-electron chi connectivity index (χ2n) is 7.84. The number of hydrogen-bond acceptors (Lipinski definition) is 6. The molecule has 0 aliphatic carbocycles. The largest absolute Gasteiger partial charge is 0.493 e. The van der Waals surface area contributed by atoms with Crippen LogP contribution in [-0.4, -0.2) is 75.4 Å². The van der Waals surface area contributed by atoms with Crippen LogP contribution in [0.25, 0.3) is 0 Å². The smallest absolute Gasteiger partial charge is 0.254 e. The fourth-order valence-electron chi connectivity index (χ4n) is 4.51. The average molecular weight is 457 g/mol. The van der Waals surface area contributed by atoms with Gasteiger partial charge in [0, 0.05) is 30.6 Å². The van der Waals surface area contributed by atoms with E-state index in [4.69, 9.17) is 14.2 Å². The third-order valence-electron chi connectivity index (χ3n) is 6.22. The van der Waals surface area contributed by atoms with Crippen molar-refractivity contribution in [3.05, 3.63) is 53.1 Å². The third kappa shape index (κ3) is 3.93. The predicted octanol–water partition coefficient (Wildman–Crippen LogP) is 3.20. The zero-order chi connectivity index (χ0) is 22.8. The van der Waals surface area contributed by atoms with Gasteiger partial charge in [-0.1, -0.05) is 12.1 Å². The maximum absolute atomic E-state index is 13.9. The van der Waals surface area contributed by atoms with Gasteiger partial charge in [-0.2, -0.15) is 0 Å². The van der Waals surface area contributed by atoms with Gasteiger partial charge >= 0.3 is 0 Å². The molecule has 4 rings (SSSR count). The van der Waals surface area contributed by atoms with Crippen molar-refractivity contribution >= 4 is 23.6 Å². The normalized spacial score (nSPS) is 20.7. The number of thioether (sulfide) groups is 1. The Morgan fingerprint density at radius 1 is 1.06 bits per heavy atom. The Morgan fingerprint density at radius 2 is 1.69 bits per heavy atom. The van der Waals surface area contributed by atoms with Crippen LogP contribution in [0.15, 0.2) is 41.3 Å². The maximum atomic E-state index is 13.9. The monoisotopic (exact) mass is 456 g/mol. The molecular weight excluding hydrogens is 428 g/mol. The average Bonchev–Trinajstić information content (AvgIpc) is 2.85. The molecular formula is C24H28N2O5S. The number of fused-ring (bicyclic) bond motifs is 1. The molecule has 2 atom stereocenters. The Morgan fingerprint density at radius 3 is 2.28 bits per heavy atom. The minimum Gasteiger partial charge on any atom is -0.493 e. The number of carbonyl (C=O) groups is 2. The van der Waals surface area contributed by atoms with E-state index in [0.717, 1.165) is 10.5 Å². The second kappa shape index (κ2) is 9.42. The van der Waals surface area contributed by atoms with Gasteiger partial charge in [0.05, 0.1) is 39.4 Å². The summed E-state index contributed by atoms with van der Waals surface area (Å²) in [5.41, 5.74) is 2.06. The first-order valence-corrected chi connectivity index (χ1v) is 11.8. The highest BCUT2D eigenvalue weighted by Gasteiger charge is 2.45. The van der Waals surface area contributed by atoms with Crippen LogP contribution in [-0.2, 0) is 9.53 Å². The number of rotatable bonds is 5. The van der Waals surface area contributed by atoms with Crippen LogP contribution < -0.4 is 9.47 Å². The van der Waals surface area contributed by atoms with E-state index >= 15 is 0 Å². The molecule has 8 heteroatoms. The molecule has 0 bridgehead atoms. The van der Waals surface area contributed by atoms with Gasteiger partial charge in [0.15, 0.2) is 11.5 Å². The van der Waals surface area contributed by atoms with Gasteiger partial charge in [0.25, 0.3) is 5.91 Å². The highest BCUT2D eigenvalue weighted by atomic mass is 32.2. The highest BCUT2D eigenvalue weighted by molar-refractivity contribution is 7.98. The van der Waals surface area contributed by atoms with E-state index in [1.165, 1.54) is 7.11 Å². The summed E-state index contributed by atoms with van der Waals surface area (Å²) in [6.45, 7) is 2.10. The molecule has 7 nitrogen and oxygen atoms in total. The van der Waals surface area contributed by atoms with E-state index in [1.807, 2.05) is 35.4 Å². The van der Waals surface area contributed by atoms with Crippen LogP contribution in [0.2, 0.25) is 0 Å². The number of nitrogens with zero attached hydrogens (tertiary/aromatic N) is 2. The van der Waals surface area contributed by atoms with Crippen molar-refractivity contribution in [2.75, 3.05) is 53.8 Å². The summed E-state index contributed by atoms with van der Waals surface area (Å²) in [5.74, 6) is 0.241. The second-order valence-corrected chi connectivity index (χ2v) is 8.72. The zero-order valence-electron chi connectivity index (χ0n) is 18.8. The Labute approximate surface area is 192 Å². The molecule has 0 saturated carbocycles. The number of likely N-dealkylation sites (N-methyl/N-ethyl adjacent to an activating group) is 1. The third-order valence-corrected chi connectivity index (χ3v) is 6.96. The number of methoxy groups -OCH3 is 2. The molecule has 0 aromatic heterocycles. The van der Waals surface area contributed by atoms with Crippen molar-refractivity contribution in [1.29, 1.82) is 0 Å². The van der Waals surface area contributed by atoms with Gasteiger partial charge in [0.2, 0.25) is 5.91 Å². The van der Waals surface area contributed by atoms with E-state index in [2.05, 4.69) is 0 Å². The number of morpholine rings is 1. The van der Waals surface area contributed by atoms with Crippen LogP contribution in [0.4, 0.5) is 0 Å². The summed E-state index contributed by atoms with van der Waals surface area (Å²) in [5, 5.41) is 0. The number of benzene rings is 2. The SMILES string of the molecule is COc1cc2c(cc1OC)C(C(=O)N1CCOCC1)C(c1ccc(SC)cc1)N(C)C2=O. The Hall–Kier alpha value is -2.71. The van der Waals surface area contributed by atoms with Crippen LogP contribution >= 0.6 is 11.8 Å². The molecule has 0 N–H and O–H groups in total. The van der Waals surface area contributed by atoms with E-state index in [1.54, 1.807) is 43.0 Å². The molecule has 0 radical (unpaired) electrons. The summed E-state index contributed by atoms with van der Waals surface area (Å²) < 4.78 is 16.4. The predicted molar refractivity (Wildman–Crippen MR) is 123 cm³/mol. The lowest BCUT2D eigenvalue weighted by atomic mass is 9.78. The summed E-state index contributed by atoms with van der Waals surface area (Å²) in [6.07, 6.45) is 2.02. The van der Waals surface area contributed by atoms with Crippen molar-refractivity contribution < 1.29 is 23.8 Å². The summed E-state index contributed by atoms with van der Waals surface area (Å²) in [7, 11) is 4.85. The minimum absolute atomic E-state index is 0.0138. The quantitative estimate of drug-likeness (QED) is 0.644. The molecule has 2 aromatic rings. The van der Waals surface area contributed by atoms with Crippen molar-refractivity contribution in [2.45, 2.75) is 16.9 Å². The van der Waals surface area contributed by atoms with Gasteiger partial charge in [-0.05, 0) is 41.6 Å². The van der Waals surface area contributed by atoms with Crippen LogP contribution in [0, 0.1) is 0 Å². The van der Waals surface area contributed by atoms with E-state index in [9.17, 15) is 9.59 Å². The molecule has 2 heterocycles. The van der Waals surface area contributed by atoms with Crippen molar-refractivity contribution in [2.24, 2.45) is 0 Å². The standard InChI is InChI=1S/C24H28N2O5S/c1-25-22(15-5-7-16(32-4)8-6-15)21(24(28)26-9-11-31-12-10-26)17-13-19(29-2)20(30-3)14-18(17)23(25)27/h5-8,13-14,21-22H,9-12H2,1-4H3. The van der Waals surface area contributed by atoms with E-state index < -0.39 is 12.0 Å². The van der Waals surface area contributed by atoms with Gasteiger partial charge in [-0.15, -0.1) is 11.8 Å². The van der Waals surface area contributed by atoms with Crippen molar-refractivity contribution in [3.63, 3.8) is 0 Å². The first kappa shape index (κ1) is 22.5. The zero-order valence-corrected chi connectivity index (χ0v) is 19.6. The highest BCUT2D eigenvalue weighted by Crippen LogP contribution is 2.46. The lowest BCUT2D eigenvalue weighted by Gasteiger charge is -2.42. The van der Waals surface area contributed by atoms with E-state index in [0.29, 0.717) is 48.9 Å². The van der Waals surface area contributed by atoms with Gasteiger partial charge < -0.3 is 24.0 Å². The Bertz CT molecular complexity index is 1000. The Balaban J connectivity index is 1.88. The number of hydrogen-bond donors (Lipinski definition) is 0. The van der Waals surface area contributed by atoms with Crippen LogP contribution in [0.1, 0.15) is 33.4 Å². The van der Waals surface area contributed by atoms with Crippen molar-refractivity contribution in [3.8, 4) is 11.5 Å². The first-order valence-electron chi connectivity index (χ1n) is 10.5. The van der Waals surface area contributed by atoms with Gasteiger partial charge in [-0.3, -0.25) is 9.59 Å². The van der Waals surface area contributed by atoms with E-state index in [-0.39, 0.29) is 11.8 Å². The fourth-order valence-corrected chi connectivity index (χ4v) is 4.92. The maximum Gasteiger partial charge on any atom is 0.254 e. The van der Waals surface area contributed by atoms with Crippen molar-refractivity contribution in [1.82, 2.24) is 9.80 Å². The fraction of sp³-hybridized carbons (Fsp3) is 0.417. The van der Waals surface area contributed by atoms with Gasteiger partial charge in [0.1, 0.15) is 0 Å². The molecule has 1 fully saturated rings. The molecule has 32 heavy (non-hydrogen) atoms. The first-order chi connectivity index (χ1) is 15.5.